The molecule has 0 unspecified atom stereocenters. The van der Waals surface area contributed by atoms with Gasteiger partial charge in [0, 0.05) is 17.0 Å². The zero-order valence-electron chi connectivity index (χ0n) is 15.2. The number of aromatic nitrogens is 1. The van der Waals surface area contributed by atoms with Crippen LogP contribution < -0.4 is 5.32 Å². The van der Waals surface area contributed by atoms with Crippen LogP contribution in [0, 0.1) is 19.3 Å². The van der Waals surface area contributed by atoms with E-state index in [-0.39, 0.29) is 0 Å². The number of hydrogen-bond donors (Lipinski definition) is 1. The molecule has 1 spiro atoms. The van der Waals surface area contributed by atoms with Gasteiger partial charge in [-0.3, -0.25) is 0 Å². The van der Waals surface area contributed by atoms with Crippen molar-refractivity contribution in [2.24, 2.45) is 5.41 Å². The van der Waals surface area contributed by atoms with E-state index >= 15 is 0 Å². The lowest BCUT2D eigenvalue weighted by atomic mass is 9.63. The first-order valence-electron chi connectivity index (χ1n) is 9.66. The van der Waals surface area contributed by atoms with Crippen molar-refractivity contribution in [3.05, 3.63) is 46.7 Å². The van der Waals surface area contributed by atoms with Gasteiger partial charge in [-0.25, -0.2) is 0 Å². The van der Waals surface area contributed by atoms with E-state index < -0.39 is 0 Å². The zero-order valence-corrected chi connectivity index (χ0v) is 15.2. The van der Waals surface area contributed by atoms with E-state index in [2.05, 4.69) is 48.6 Å². The number of piperidine rings is 1. The second kappa shape index (κ2) is 5.57. The number of nitrogens with one attached hydrogen (secondary N) is 1. The molecular weight excluding hydrogens is 308 g/mol. The van der Waals surface area contributed by atoms with Gasteiger partial charge in [-0.2, -0.15) is 0 Å². The molecule has 1 aromatic heterocycles. The summed E-state index contributed by atoms with van der Waals surface area (Å²) in [5, 5.41) is 8.07. The Morgan fingerprint density at radius 2 is 1.76 bits per heavy atom. The van der Waals surface area contributed by atoms with Crippen LogP contribution in [0.5, 0.6) is 0 Å². The molecule has 3 aliphatic rings. The number of allylic oxidation sites excluding steroid dienone is 2. The van der Waals surface area contributed by atoms with Crippen LogP contribution >= 0.6 is 0 Å². The monoisotopic (exact) mass is 334 g/mol. The molecule has 1 saturated carbocycles. The number of rotatable bonds is 3. The molecule has 0 bridgehead atoms. The molecule has 130 valence electrons. The van der Waals surface area contributed by atoms with Gasteiger partial charge in [0.2, 0.25) is 0 Å². The van der Waals surface area contributed by atoms with E-state index in [0.717, 1.165) is 24.5 Å². The number of nitrogens with zero attached hydrogens (tertiary/aromatic N) is 1. The molecule has 1 N–H and O–H groups in total. The van der Waals surface area contributed by atoms with Crippen molar-refractivity contribution >= 4 is 5.57 Å². The predicted octanol–water partition coefficient (Wildman–Crippen LogP) is 4.99. The van der Waals surface area contributed by atoms with Crippen molar-refractivity contribution in [1.82, 2.24) is 10.5 Å². The minimum atomic E-state index is 0.427. The molecular formula is C22H26N2O. The molecule has 3 nitrogen and oxygen atoms in total. The molecule has 0 radical (unpaired) electrons. The van der Waals surface area contributed by atoms with Gasteiger partial charge in [-0.15, -0.1) is 0 Å². The summed E-state index contributed by atoms with van der Waals surface area (Å²) in [5.74, 6) is 1.73. The maximum Gasteiger partial charge on any atom is 0.147 e. The van der Waals surface area contributed by atoms with Crippen molar-refractivity contribution < 1.29 is 4.52 Å². The fourth-order valence-electron chi connectivity index (χ4n) is 4.72. The molecule has 1 aliphatic heterocycles. The minimum Gasteiger partial charge on any atom is -0.360 e. The third-order valence-corrected chi connectivity index (χ3v) is 6.33. The summed E-state index contributed by atoms with van der Waals surface area (Å²) in [6.45, 7) is 6.65. The van der Waals surface area contributed by atoms with Gasteiger partial charge >= 0.3 is 0 Å². The summed E-state index contributed by atoms with van der Waals surface area (Å²) < 4.78 is 5.91. The Morgan fingerprint density at radius 1 is 1.08 bits per heavy atom. The van der Waals surface area contributed by atoms with E-state index in [0.29, 0.717) is 11.3 Å². The van der Waals surface area contributed by atoms with Crippen LogP contribution in [0.4, 0.5) is 0 Å². The molecule has 5 rings (SSSR count). The first-order valence-corrected chi connectivity index (χ1v) is 9.66. The highest BCUT2D eigenvalue weighted by molar-refractivity contribution is 5.86. The third kappa shape index (κ3) is 2.48. The van der Waals surface area contributed by atoms with Crippen molar-refractivity contribution in [1.29, 1.82) is 0 Å². The van der Waals surface area contributed by atoms with Gasteiger partial charge < -0.3 is 9.84 Å². The fourth-order valence-corrected chi connectivity index (χ4v) is 4.72. The molecule has 25 heavy (non-hydrogen) atoms. The van der Waals surface area contributed by atoms with Gasteiger partial charge in [-0.05, 0) is 81.2 Å². The molecule has 1 saturated heterocycles. The molecule has 0 atom stereocenters. The molecule has 2 aromatic rings. The van der Waals surface area contributed by atoms with Crippen molar-refractivity contribution in [3.8, 4) is 11.3 Å². The van der Waals surface area contributed by atoms with Crippen LogP contribution in [0.2, 0.25) is 0 Å². The van der Waals surface area contributed by atoms with Gasteiger partial charge in [0.25, 0.3) is 0 Å². The van der Waals surface area contributed by atoms with Crippen LogP contribution in [0.1, 0.15) is 60.5 Å². The maximum absolute atomic E-state index is 5.91. The van der Waals surface area contributed by atoms with E-state index in [4.69, 9.17) is 4.52 Å². The largest absolute Gasteiger partial charge is 0.360 e. The Bertz CT molecular complexity index is 831. The summed E-state index contributed by atoms with van der Waals surface area (Å²) in [7, 11) is 0. The lowest BCUT2D eigenvalue weighted by Crippen LogP contribution is -2.39. The van der Waals surface area contributed by atoms with Crippen LogP contribution in [-0.2, 0) is 0 Å². The SMILES string of the molecule is Cc1cccc(C)c1-c1noc(C2CC2)c1C1=CC2(CCNCC2)C1. The van der Waals surface area contributed by atoms with Crippen molar-refractivity contribution in [3.63, 3.8) is 0 Å². The Balaban J connectivity index is 1.62. The fraction of sp³-hybridized carbons (Fsp3) is 0.500. The summed E-state index contributed by atoms with van der Waals surface area (Å²) >= 11 is 0. The maximum atomic E-state index is 5.91. The van der Waals surface area contributed by atoms with Crippen LogP contribution in [0.25, 0.3) is 16.8 Å². The average Bonchev–Trinajstić information content (AvgIpc) is 3.34. The Morgan fingerprint density at radius 3 is 2.40 bits per heavy atom. The summed E-state index contributed by atoms with van der Waals surface area (Å²) in [6, 6.07) is 6.49. The van der Waals surface area contributed by atoms with Crippen LogP contribution in [0.15, 0.2) is 28.8 Å². The summed E-state index contributed by atoms with van der Waals surface area (Å²) in [5.41, 5.74) is 8.14. The topological polar surface area (TPSA) is 38.1 Å². The van der Waals surface area contributed by atoms with Gasteiger partial charge in [0.15, 0.2) is 0 Å². The molecule has 2 aliphatic carbocycles. The van der Waals surface area contributed by atoms with Gasteiger partial charge in [-0.1, -0.05) is 29.4 Å². The Labute approximate surface area is 149 Å². The van der Waals surface area contributed by atoms with E-state index in [1.807, 2.05) is 0 Å². The minimum absolute atomic E-state index is 0.427. The second-order valence-corrected chi connectivity index (χ2v) is 8.27. The van der Waals surface area contributed by atoms with Crippen LogP contribution in [0.3, 0.4) is 0 Å². The standard InChI is InChI=1S/C22H26N2O/c1-14-4-3-5-15(2)18(14)20-19(21(25-24-20)16-6-7-16)17-12-22(13-17)8-10-23-11-9-22/h3-5,12,16,23H,6-11,13H2,1-2H3. The van der Waals surface area contributed by atoms with Crippen molar-refractivity contribution in [2.45, 2.75) is 51.9 Å². The Hall–Kier alpha value is -1.87. The molecule has 0 amide bonds. The van der Waals surface area contributed by atoms with E-state index in [9.17, 15) is 0 Å². The number of aryl methyl sites for hydroxylation is 2. The third-order valence-electron chi connectivity index (χ3n) is 6.33. The molecule has 1 aromatic carbocycles. The highest BCUT2D eigenvalue weighted by Gasteiger charge is 2.42. The van der Waals surface area contributed by atoms with Crippen molar-refractivity contribution in [2.75, 3.05) is 13.1 Å². The highest BCUT2D eigenvalue weighted by atomic mass is 16.5. The Kier molecular flexibility index (Phi) is 3.43. The summed E-state index contributed by atoms with van der Waals surface area (Å²) in [6.07, 6.45) is 8.75. The second-order valence-electron chi connectivity index (χ2n) is 8.27. The quantitative estimate of drug-likeness (QED) is 0.859. The van der Waals surface area contributed by atoms with Crippen LogP contribution in [-0.4, -0.2) is 18.2 Å². The predicted molar refractivity (Wildman–Crippen MR) is 101 cm³/mol. The zero-order chi connectivity index (χ0) is 17.0. The first-order chi connectivity index (χ1) is 12.2. The molecule has 2 heterocycles. The van der Waals surface area contributed by atoms with E-state index in [1.54, 1.807) is 0 Å². The average molecular weight is 334 g/mol. The lowest BCUT2D eigenvalue weighted by Gasteiger charge is -2.43. The lowest BCUT2D eigenvalue weighted by molar-refractivity contribution is 0.257. The first kappa shape index (κ1) is 15.4. The normalized spacial score (nSPS) is 21.9. The smallest absolute Gasteiger partial charge is 0.147 e. The molecule has 2 fully saturated rings. The molecule has 3 heteroatoms. The summed E-state index contributed by atoms with van der Waals surface area (Å²) in [4.78, 5) is 0. The highest BCUT2D eigenvalue weighted by Crippen LogP contribution is 2.55. The van der Waals surface area contributed by atoms with Gasteiger partial charge in [0.05, 0.1) is 0 Å². The number of benzene rings is 1. The number of hydrogen-bond acceptors (Lipinski definition) is 3. The van der Waals surface area contributed by atoms with Gasteiger partial charge in [0.1, 0.15) is 11.5 Å². The van der Waals surface area contributed by atoms with E-state index in [1.165, 1.54) is 59.9 Å².